The molecule has 3 aliphatic rings. The molecule has 188 valence electrons. The number of carbonyl (C=O) groups excluding carboxylic acids is 3. The summed E-state index contributed by atoms with van der Waals surface area (Å²) in [4.78, 5) is 39.1. The first-order valence-electron chi connectivity index (χ1n) is 12.9. The van der Waals surface area contributed by atoms with Crippen molar-refractivity contribution in [1.82, 2.24) is 5.32 Å². The quantitative estimate of drug-likeness (QED) is 0.495. The van der Waals surface area contributed by atoms with Crippen molar-refractivity contribution in [1.29, 1.82) is 0 Å². The zero-order valence-electron chi connectivity index (χ0n) is 20.7. The summed E-state index contributed by atoms with van der Waals surface area (Å²) in [5.41, 5.74) is 0.163. The van der Waals surface area contributed by atoms with Crippen molar-refractivity contribution >= 4 is 17.7 Å². The lowest BCUT2D eigenvalue weighted by atomic mass is 9.59. The van der Waals surface area contributed by atoms with Crippen LogP contribution in [0.4, 0.5) is 0 Å². The maximum atomic E-state index is 13.7. The first-order valence-corrected chi connectivity index (χ1v) is 12.9. The number of carbonyl (C=O) groups is 3. The molecule has 2 heterocycles. The van der Waals surface area contributed by atoms with Crippen LogP contribution in [0.2, 0.25) is 0 Å². The third-order valence-corrected chi connectivity index (χ3v) is 8.16. The Balaban J connectivity index is 1.76. The number of amides is 1. The van der Waals surface area contributed by atoms with Crippen LogP contribution in [0.1, 0.15) is 57.9 Å². The second-order valence-electron chi connectivity index (χ2n) is 10.6. The summed E-state index contributed by atoms with van der Waals surface area (Å²) >= 11 is 0. The number of Topliss-reactive ketones (excluding diaryl/α,β-unsaturated/α-hetero) is 1. The zero-order valence-corrected chi connectivity index (χ0v) is 20.7. The molecule has 0 aromatic heterocycles. The van der Waals surface area contributed by atoms with E-state index in [1.165, 1.54) is 0 Å². The zero-order chi connectivity index (χ0) is 25.2. The van der Waals surface area contributed by atoms with E-state index in [-0.39, 0.29) is 36.5 Å². The van der Waals surface area contributed by atoms with Gasteiger partial charge in [-0.25, -0.2) is 0 Å². The molecule has 0 radical (unpaired) electrons. The molecule has 1 aliphatic carbocycles. The second-order valence-corrected chi connectivity index (χ2v) is 10.6. The predicted octanol–water partition coefficient (Wildman–Crippen LogP) is 3.92. The van der Waals surface area contributed by atoms with Gasteiger partial charge in [0.25, 0.3) is 5.91 Å². The number of allylic oxidation sites excluding steroid dienone is 1. The van der Waals surface area contributed by atoms with Crippen molar-refractivity contribution in [2.75, 3.05) is 0 Å². The van der Waals surface area contributed by atoms with Gasteiger partial charge in [0.2, 0.25) is 5.60 Å². The molecule has 6 heteroatoms. The molecule has 1 saturated heterocycles. The number of aliphatic hydroxyl groups is 1. The fourth-order valence-corrected chi connectivity index (χ4v) is 6.19. The normalized spacial score (nSPS) is 37.5. The molecule has 7 atom stereocenters. The van der Waals surface area contributed by atoms with E-state index in [4.69, 9.17) is 4.74 Å². The summed E-state index contributed by atoms with van der Waals surface area (Å²) < 4.78 is 6.10. The Hall–Kier alpha value is -2.73. The highest BCUT2D eigenvalue weighted by Crippen LogP contribution is 2.52. The Kier molecular flexibility index (Phi) is 7.60. The van der Waals surface area contributed by atoms with Crippen LogP contribution in [0.5, 0.6) is 0 Å². The number of benzene rings is 1. The van der Waals surface area contributed by atoms with E-state index in [1.54, 1.807) is 0 Å². The second kappa shape index (κ2) is 10.5. The molecule has 6 nitrogen and oxygen atoms in total. The average molecular weight is 480 g/mol. The average Bonchev–Trinajstić information content (AvgIpc) is 3.09. The highest BCUT2D eigenvalue weighted by molar-refractivity contribution is 5.93. The molecule has 1 saturated carbocycles. The van der Waals surface area contributed by atoms with Gasteiger partial charge in [-0.15, -0.1) is 0 Å². The molecule has 0 bridgehead atoms. The number of hydrogen-bond acceptors (Lipinski definition) is 5. The first kappa shape index (κ1) is 25.4. The maximum Gasteiger partial charge on any atom is 0.307 e. The van der Waals surface area contributed by atoms with Crippen molar-refractivity contribution in [2.45, 2.75) is 76.5 Å². The highest BCUT2D eigenvalue weighted by Gasteiger charge is 2.67. The lowest BCUT2D eigenvalue weighted by Crippen LogP contribution is -2.61. The van der Waals surface area contributed by atoms with Gasteiger partial charge in [-0.1, -0.05) is 62.9 Å². The van der Waals surface area contributed by atoms with Crippen molar-refractivity contribution in [3.8, 4) is 0 Å². The van der Waals surface area contributed by atoms with E-state index in [9.17, 15) is 19.5 Å². The van der Waals surface area contributed by atoms with Gasteiger partial charge in [0.1, 0.15) is 5.78 Å². The lowest BCUT2D eigenvalue weighted by molar-refractivity contribution is -0.186. The number of ketones is 1. The minimum atomic E-state index is -1.55. The molecular weight excluding hydrogens is 442 g/mol. The monoisotopic (exact) mass is 479 g/mol. The molecule has 2 N–H and O–H groups in total. The van der Waals surface area contributed by atoms with E-state index in [1.807, 2.05) is 49.4 Å². The van der Waals surface area contributed by atoms with E-state index in [0.717, 1.165) is 24.8 Å². The molecular formula is C29H37NO5. The van der Waals surface area contributed by atoms with E-state index >= 15 is 0 Å². The maximum absolute atomic E-state index is 13.7. The SMILES string of the molecule is C=C1[C@@H](C)[C@H]2[C@H](Cc3ccccc3)NC(=O)[C@]23OC(=O)CCC(=O)CCC[C@@H](C)C/C=C\[C@H]3[C@@H]1O. The largest absolute Gasteiger partial charge is 0.448 e. The topological polar surface area (TPSA) is 92.7 Å². The van der Waals surface area contributed by atoms with Crippen LogP contribution in [-0.2, 0) is 25.5 Å². The van der Waals surface area contributed by atoms with Crippen LogP contribution in [-0.4, -0.2) is 40.5 Å². The number of hydrogen-bond donors (Lipinski definition) is 2. The van der Waals surface area contributed by atoms with Gasteiger partial charge in [-0.3, -0.25) is 14.4 Å². The third kappa shape index (κ3) is 4.99. The number of rotatable bonds is 2. The Labute approximate surface area is 207 Å². The van der Waals surface area contributed by atoms with Gasteiger partial charge in [0.15, 0.2) is 0 Å². The summed E-state index contributed by atoms with van der Waals surface area (Å²) in [6.07, 6.45) is 6.35. The molecule has 1 aromatic carbocycles. The highest BCUT2D eigenvalue weighted by atomic mass is 16.6. The molecule has 1 spiro atoms. The van der Waals surface area contributed by atoms with Gasteiger partial charge in [0.05, 0.1) is 18.4 Å². The van der Waals surface area contributed by atoms with E-state index in [2.05, 4.69) is 18.8 Å². The Morgan fingerprint density at radius 1 is 1.11 bits per heavy atom. The summed E-state index contributed by atoms with van der Waals surface area (Å²) in [7, 11) is 0. The fourth-order valence-electron chi connectivity index (χ4n) is 6.19. The first-order chi connectivity index (χ1) is 16.7. The van der Waals surface area contributed by atoms with Gasteiger partial charge < -0.3 is 15.2 Å². The van der Waals surface area contributed by atoms with Gasteiger partial charge in [-0.2, -0.15) is 0 Å². The molecule has 1 amide bonds. The number of esters is 1. The van der Waals surface area contributed by atoms with E-state index in [0.29, 0.717) is 24.3 Å². The Morgan fingerprint density at radius 3 is 2.60 bits per heavy atom. The van der Waals surface area contributed by atoms with Crippen LogP contribution in [0.15, 0.2) is 54.6 Å². The summed E-state index contributed by atoms with van der Waals surface area (Å²) in [5, 5.41) is 14.4. The minimum Gasteiger partial charge on any atom is -0.448 e. The van der Waals surface area contributed by atoms with Crippen LogP contribution < -0.4 is 5.32 Å². The van der Waals surface area contributed by atoms with Crippen molar-refractivity contribution in [3.05, 3.63) is 60.2 Å². The van der Waals surface area contributed by atoms with Gasteiger partial charge in [0, 0.05) is 24.8 Å². The molecule has 35 heavy (non-hydrogen) atoms. The predicted molar refractivity (Wildman–Crippen MR) is 133 cm³/mol. The molecule has 2 aliphatic heterocycles. The Morgan fingerprint density at radius 2 is 1.86 bits per heavy atom. The standard InChI is InChI=1S/C29H37NO5/c1-18-9-7-13-22(31)15-16-25(32)35-29-23(14-8-10-18)27(33)20(3)19(2)26(29)24(30-28(29)34)17-21-11-5-4-6-12-21/h4-6,8,11-12,14,18-19,23-24,26-27,33H,3,7,9-10,13,15-17H2,1-2H3,(H,30,34)/b14-8-/t18-,19-,23+,24+,26+,27-,29-/m1/s1. The summed E-state index contributed by atoms with van der Waals surface area (Å²) in [5.74, 6) is -1.95. The van der Waals surface area contributed by atoms with E-state index < -0.39 is 29.5 Å². The van der Waals surface area contributed by atoms with Crippen LogP contribution >= 0.6 is 0 Å². The Bertz CT molecular complexity index is 1000. The van der Waals surface area contributed by atoms with Crippen molar-refractivity contribution in [2.24, 2.45) is 23.7 Å². The van der Waals surface area contributed by atoms with Gasteiger partial charge >= 0.3 is 5.97 Å². The van der Waals surface area contributed by atoms with Crippen LogP contribution in [0.25, 0.3) is 0 Å². The third-order valence-electron chi connectivity index (χ3n) is 8.16. The van der Waals surface area contributed by atoms with Crippen LogP contribution in [0.3, 0.4) is 0 Å². The molecule has 4 rings (SSSR count). The molecule has 0 unspecified atom stereocenters. The summed E-state index contributed by atoms with van der Waals surface area (Å²) in [6, 6.07) is 9.60. The fraction of sp³-hybridized carbons (Fsp3) is 0.552. The molecule has 1 aromatic rings. The molecule has 2 fully saturated rings. The van der Waals surface area contributed by atoms with Crippen LogP contribution in [0, 0.1) is 23.7 Å². The number of aliphatic hydroxyl groups excluding tert-OH is 1. The number of ether oxygens (including phenoxy) is 1. The minimum absolute atomic E-state index is 0.0376. The van der Waals surface area contributed by atoms with Crippen molar-refractivity contribution < 1.29 is 24.2 Å². The van der Waals surface area contributed by atoms with Gasteiger partial charge in [-0.05, 0) is 48.7 Å². The lowest BCUT2D eigenvalue weighted by Gasteiger charge is -2.49. The smallest absolute Gasteiger partial charge is 0.307 e. The summed E-state index contributed by atoms with van der Waals surface area (Å²) in [6.45, 7) is 8.26. The van der Waals surface area contributed by atoms with Crippen molar-refractivity contribution in [3.63, 3.8) is 0 Å². The number of nitrogens with one attached hydrogen (secondary N) is 1.